The van der Waals surface area contributed by atoms with E-state index < -0.39 is 5.97 Å². The Bertz CT molecular complexity index is 534. The smallest absolute Gasteiger partial charge is 0.330 e. The van der Waals surface area contributed by atoms with Gasteiger partial charge in [-0.05, 0) is 24.3 Å². The van der Waals surface area contributed by atoms with Gasteiger partial charge in [-0.2, -0.15) is 0 Å². The Balaban J connectivity index is 1.88. The van der Waals surface area contributed by atoms with Crippen LogP contribution in [0.2, 0.25) is 5.02 Å². The van der Waals surface area contributed by atoms with Crippen molar-refractivity contribution in [1.29, 1.82) is 0 Å². The Kier molecular flexibility index (Phi) is 5.22. The zero-order valence-corrected chi connectivity index (χ0v) is 12.5. The second kappa shape index (κ2) is 7.13. The summed E-state index contributed by atoms with van der Waals surface area (Å²) in [4.78, 5) is 26.8. The highest BCUT2D eigenvalue weighted by molar-refractivity contribution is 6.30. The molecule has 1 fully saturated rings. The van der Waals surface area contributed by atoms with Crippen molar-refractivity contribution in [3.63, 3.8) is 0 Å². The summed E-state index contributed by atoms with van der Waals surface area (Å²) in [5, 5.41) is 0.709. The zero-order chi connectivity index (χ0) is 15.2. The summed E-state index contributed by atoms with van der Waals surface area (Å²) >= 11 is 5.87. The molecule has 1 aliphatic rings. The molecule has 21 heavy (non-hydrogen) atoms. The van der Waals surface area contributed by atoms with Crippen LogP contribution in [0, 0.1) is 0 Å². The van der Waals surface area contributed by atoms with Crippen LogP contribution in [0.25, 0.3) is 0 Å². The zero-order valence-electron chi connectivity index (χ0n) is 11.8. The predicted octanol–water partition coefficient (Wildman–Crippen LogP) is 1.72. The Labute approximate surface area is 128 Å². The van der Waals surface area contributed by atoms with Crippen molar-refractivity contribution >= 4 is 29.2 Å². The van der Waals surface area contributed by atoms with Crippen LogP contribution in [0.4, 0.5) is 5.69 Å². The van der Waals surface area contributed by atoms with Gasteiger partial charge in [-0.3, -0.25) is 4.79 Å². The molecule has 0 saturated carbocycles. The lowest BCUT2D eigenvalue weighted by Crippen LogP contribution is -2.48. The van der Waals surface area contributed by atoms with E-state index in [9.17, 15) is 9.59 Å². The molecule has 2 rings (SSSR count). The Morgan fingerprint density at radius 2 is 1.71 bits per heavy atom. The fourth-order valence-corrected chi connectivity index (χ4v) is 2.28. The van der Waals surface area contributed by atoms with Crippen LogP contribution in [0.5, 0.6) is 0 Å². The lowest BCUT2D eigenvalue weighted by Gasteiger charge is -2.35. The number of methoxy groups -OCH3 is 1. The van der Waals surface area contributed by atoms with Crippen molar-refractivity contribution in [3.05, 3.63) is 41.4 Å². The molecule has 0 unspecified atom stereocenters. The molecule has 0 aliphatic carbocycles. The number of carbonyl (C=O) groups excluding carboxylic acids is 2. The lowest BCUT2D eigenvalue weighted by atomic mass is 10.2. The molecule has 1 aliphatic heterocycles. The maximum atomic E-state index is 11.9. The Hall–Kier alpha value is -2.01. The van der Waals surface area contributed by atoms with Gasteiger partial charge < -0.3 is 14.5 Å². The number of ether oxygens (including phenoxy) is 1. The van der Waals surface area contributed by atoms with Crippen molar-refractivity contribution in [2.45, 2.75) is 0 Å². The van der Waals surface area contributed by atoms with Crippen LogP contribution in [0.15, 0.2) is 36.4 Å². The molecule has 0 aromatic heterocycles. The van der Waals surface area contributed by atoms with Gasteiger partial charge in [-0.1, -0.05) is 11.6 Å². The molecule has 0 N–H and O–H groups in total. The number of rotatable bonds is 3. The van der Waals surface area contributed by atoms with Gasteiger partial charge in [-0.15, -0.1) is 0 Å². The molecule has 6 heteroatoms. The van der Waals surface area contributed by atoms with Gasteiger partial charge >= 0.3 is 5.97 Å². The molecule has 0 atom stereocenters. The third-order valence-corrected chi connectivity index (χ3v) is 3.60. The molecule has 1 aromatic rings. The molecular weight excluding hydrogens is 292 g/mol. The van der Waals surface area contributed by atoms with Crippen LogP contribution in [0.1, 0.15) is 0 Å². The van der Waals surface area contributed by atoms with Crippen molar-refractivity contribution in [1.82, 2.24) is 4.90 Å². The lowest BCUT2D eigenvalue weighted by molar-refractivity contribution is -0.135. The van der Waals surface area contributed by atoms with Crippen molar-refractivity contribution < 1.29 is 14.3 Å². The van der Waals surface area contributed by atoms with Crippen molar-refractivity contribution in [2.24, 2.45) is 0 Å². The minimum Gasteiger partial charge on any atom is -0.466 e. The van der Waals surface area contributed by atoms with Crippen LogP contribution in [-0.4, -0.2) is 50.1 Å². The molecule has 1 saturated heterocycles. The summed E-state index contributed by atoms with van der Waals surface area (Å²) in [6, 6.07) is 7.65. The fourth-order valence-electron chi connectivity index (χ4n) is 2.15. The summed E-state index contributed by atoms with van der Waals surface area (Å²) < 4.78 is 4.46. The monoisotopic (exact) mass is 308 g/mol. The van der Waals surface area contributed by atoms with Crippen molar-refractivity contribution in [2.75, 3.05) is 38.2 Å². The van der Waals surface area contributed by atoms with Crippen LogP contribution < -0.4 is 4.90 Å². The third kappa shape index (κ3) is 4.23. The first-order valence-corrected chi connectivity index (χ1v) is 7.03. The number of esters is 1. The number of hydrogen-bond acceptors (Lipinski definition) is 4. The first-order chi connectivity index (χ1) is 10.1. The number of nitrogens with zero attached hydrogens (tertiary/aromatic N) is 2. The quantitative estimate of drug-likeness (QED) is 0.630. The summed E-state index contributed by atoms with van der Waals surface area (Å²) in [5.41, 5.74) is 1.09. The Morgan fingerprint density at radius 3 is 2.29 bits per heavy atom. The summed E-state index contributed by atoms with van der Waals surface area (Å²) in [6.45, 7) is 2.73. The van der Waals surface area contributed by atoms with Gasteiger partial charge in [0.2, 0.25) is 5.91 Å². The summed E-state index contributed by atoms with van der Waals surface area (Å²) in [6.07, 6.45) is 2.40. The van der Waals surface area contributed by atoms with Crippen LogP contribution in [0.3, 0.4) is 0 Å². The fraction of sp³-hybridized carbons (Fsp3) is 0.333. The van der Waals surface area contributed by atoms with Gasteiger partial charge in [0.15, 0.2) is 0 Å². The van der Waals surface area contributed by atoms with Gasteiger partial charge in [0.05, 0.1) is 7.11 Å². The topological polar surface area (TPSA) is 49.9 Å². The SMILES string of the molecule is COC(=O)C=CC(=O)N1CCN(c2ccc(Cl)cc2)CC1. The second-order valence-corrected chi connectivity index (χ2v) is 5.08. The molecule has 1 aromatic carbocycles. The minimum absolute atomic E-state index is 0.170. The average molecular weight is 309 g/mol. The molecule has 0 bridgehead atoms. The van der Waals surface area contributed by atoms with E-state index in [-0.39, 0.29) is 5.91 Å². The molecule has 1 amide bonds. The van der Waals surface area contributed by atoms with Crippen LogP contribution in [-0.2, 0) is 14.3 Å². The van der Waals surface area contributed by atoms with Gasteiger partial charge in [0, 0.05) is 49.0 Å². The van der Waals surface area contributed by atoms with E-state index in [4.69, 9.17) is 11.6 Å². The number of benzene rings is 1. The number of piperazine rings is 1. The number of amides is 1. The molecule has 1 heterocycles. The van der Waals surface area contributed by atoms with Crippen molar-refractivity contribution in [3.8, 4) is 0 Å². The highest BCUT2D eigenvalue weighted by atomic mass is 35.5. The molecule has 0 spiro atoms. The van der Waals surface area contributed by atoms with Gasteiger partial charge in [-0.25, -0.2) is 4.79 Å². The van der Waals surface area contributed by atoms with E-state index in [1.807, 2.05) is 24.3 Å². The Morgan fingerprint density at radius 1 is 1.10 bits per heavy atom. The van der Waals surface area contributed by atoms with E-state index >= 15 is 0 Å². The summed E-state index contributed by atoms with van der Waals surface area (Å²) in [7, 11) is 1.28. The number of carbonyl (C=O) groups is 2. The molecule has 0 radical (unpaired) electrons. The van der Waals surface area contributed by atoms with E-state index in [2.05, 4.69) is 9.64 Å². The highest BCUT2D eigenvalue weighted by Gasteiger charge is 2.19. The maximum Gasteiger partial charge on any atom is 0.330 e. The first kappa shape index (κ1) is 15.4. The predicted molar refractivity (Wildman–Crippen MR) is 81.4 cm³/mol. The normalized spacial score (nSPS) is 15.3. The minimum atomic E-state index is -0.525. The number of halogens is 1. The molecule has 112 valence electrons. The highest BCUT2D eigenvalue weighted by Crippen LogP contribution is 2.19. The van der Waals surface area contributed by atoms with E-state index in [0.717, 1.165) is 24.9 Å². The molecular formula is C15H17ClN2O3. The average Bonchev–Trinajstić information content (AvgIpc) is 2.53. The van der Waals surface area contributed by atoms with Gasteiger partial charge in [0.25, 0.3) is 0 Å². The maximum absolute atomic E-state index is 11.9. The van der Waals surface area contributed by atoms with E-state index in [1.165, 1.54) is 13.2 Å². The molecule has 5 nitrogen and oxygen atoms in total. The standard InChI is InChI=1S/C15H17ClN2O3/c1-21-15(20)7-6-14(19)18-10-8-17(9-11-18)13-4-2-12(16)3-5-13/h2-7H,8-11H2,1H3. The summed E-state index contributed by atoms with van der Waals surface area (Å²) in [5.74, 6) is -0.695. The second-order valence-electron chi connectivity index (χ2n) is 4.65. The number of hydrogen-bond donors (Lipinski definition) is 0. The van der Waals surface area contributed by atoms with Crippen LogP contribution >= 0.6 is 11.6 Å². The third-order valence-electron chi connectivity index (χ3n) is 3.35. The van der Waals surface area contributed by atoms with E-state index in [0.29, 0.717) is 18.1 Å². The van der Waals surface area contributed by atoms with E-state index in [1.54, 1.807) is 4.90 Å². The van der Waals surface area contributed by atoms with Gasteiger partial charge in [0.1, 0.15) is 0 Å². The first-order valence-electron chi connectivity index (χ1n) is 6.65. The number of anilines is 1. The largest absolute Gasteiger partial charge is 0.466 e.